The third kappa shape index (κ3) is 3.50. The summed E-state index contributed by atoms with van der Waals surface area (Å²) in [4.78, 5) is 44.1. The molecule has 3 heterocycles. The van der Waals surface area contributed by atoms with E-state index in [0.717, 1.165) is 6.42 Å². The van der Waals surface area contributed by atoms with Crippen LogP contribution in [0.3, 0.4) is 0 Å². The Morgan fingerprint density at radius 1 is 1.42 bits per heavy atom. The number of likely N-dealkylation sites (tertiary alicyclic amines) is 1. The Morgan fingerprint density at radius 3 is 2.58 bits per heavy atom. The molecule has 3 saturated heterocycles. The second-order valence-corrected chi connectivity index (χ2v) is 12.1. The maximum Gasteiger partial charge on any atom is 0.311 e. The number of hydrogen-bond donors (Lipinski definition) is 1. The van der Waals surface area contributed by atoms with Crippen LogP contribution in [0.1, 0.15) is 54.4 Å². The Kier molecular flexibility index (Phi) is 6.30. The lowest BCUT2D eigenvalue weighted by atomic mass is 9.66. The number of amides is 2. The average molecular weight is 453 g/mol. The molecule has 0 radical (unpaired) electrons. The molecule has 0 aromatic heterocycles. The molecule has 2 unspecified atom stereocenters. The van der Waals surface area contributed by atoms with Gasteiger partial charge in [0.1, 0.15) is 6.04 Å². The summed E-state index contributed by atoms with van der Waals surface area (Å²) in [5.41, 5.74) is -0.469. The predicted molar refractivity (Wildman–Crippen MR) is 120 cm³/mol. The van der Waals surface area contributed by atoms with E-state index in [-0.39, 0.29) is 31.0 Å². The van der Waals surface area contributed by atoms with E-state index in [2.05, 4.69) is 6.58 Å². The highest BCUT2D eigenvalue weighted by Gasteiger charge is 2.78. The highest BCUT2D eigenvalue weighted by atomic mass is 32.2. The lowest BCUT2D eigenvalue weighted by Crippen LogP contribution is -2.60. The molecule has 3 aliphatic heterocycles. The summed E-state index contributed by atoms with van der Waals surface area (Å²) >= 11 is 1.61. The molecular formula is C23H36N2O5S. The Morgan fingerprint density at radius 2 is 2.06 bits per heavy atom. The Labute approximate surface area is 189 Å². The minimum Gasteiger partial charge on any atom is -0.466 e. The van der Waals surface area contributed by atoms with Crippen molar-refractivity contribution < 1.29 is 24.2 Å². The zero-order chi connectivity index (χ0) is 23.4. The first-order valence-corrected chi connectivity index (χ1v) is 11.9. The number of fused-ring (bicyclic) bond motifs is 1. The van der Waals surface area contributed by atoms with Gasteiger partial charge in [-0.3, -0.25) is 14.4 Å². The molecule has 7 nitrogen and oxygen atoms in total. The maximum atomic E-state index is 14.1. The number of esters is 1. The lowest BCUT2D eigenvalue weighted by Gasteiger charge is -2.43. The Hall–Kier alpha value is -1.54. The zero-order valence-electron chi connectivity index (χ0n) is 19.5. The second kappa shape index (κ2) is 8.10. The normalized spacial score (nSPS) is 35.1. The molecule has 3 fully saturated rings. The van der Waals surface area contributed by atoms with Crippen LogP contribution in [0, 0.1) is 11.8 Å². The van der Waals surface area contributed by atoms with E-state index in [4.69, 9.17) is 4.74 Å². The third-order valence-corrected chi connectivity index (χ3v) is 9.10. The van der Waals surface area contributed by atoms with E-state index in [0.29, 0.717) is 13.0 Å². The van der Waals surface area contributed by atoms with Crippen LogP contribution >= 0.6 is 11.8 Å². The summed E-state index contributed by atoms with van der Waals surface area (Å²) in [7, 11) is 0. The minimum absolute atomic E-state index is 0.148. The van der Waals surface area contributed by atoms with Crippen molar-refractivity contribution in [3.63, 3.8) is 0 Å². The number of rotatable bonds is 7. The van der Waals surface area contributed by atoms with Crippen LogP contribution in [0.4, 0.5) is 0 Å². The van der Waals surface area contributed by atoms with Gasteiger partial charge in [-0.25, -0.2) is 0 Å². The van der Waals surface area contributed by atoms with Gasteiger partial charge in [-0.2, -0.15) is 0 Å². The smallest absolute Gasteiger partial charge is 0.311 e. The van der Waals surface area contributed by atoms with Crippen LogP contribution in [0.25, 0.3) is 0 Å². The van der Waals surface area contributed by atoms with Crippen molar-refractivity contribution in [1.29, 1.82) is 0 Å². The average Bonchev–Trinajstić information content (AvgIpc) is 3.25. The van der Waals surface area contributed by atoms with Gasteiger partial charge in [0, 0.05) is 16.8 Å². The van der Waals surface area contributed by atoms with E-state index in [9.17, 15) is 19.5 Å². The van der Waals surface area contributed by atoms with Gasteiger partial charge >= 0.3 is 5.97 Å². The molecule has 8 heteroatoms. The molecule has 2 amide bonds. The summed E-state index contributed by atoms with van der Waals surface area (Å²) in [6, 6.07) is -1.26. The third-order valence-electron chi connectivity index (χ3n) is 7.12. The second-order valence-electron chi connectivity index (χ2n) is 10.2. The monoisotopic (exact) mass is 452 g/mol. The fourth-order valence-corrected chi connectivity index (χ4v) is 8.09. The molecule has 2 bridgehead atoms. The predicted octanol–water partition coefficient (Wildman–Crippen LogP) is 2.22. The fourth-order valence-electron chi connectivity index (χ4n) is 5.77. The number of thioether (sulfide) groups is 1. The summed E-state index contributed by atoms with van der Waals surface area (Å²) in [6.45, 7) is 15.6. The van der Waals surface area contributed by atoms with Gasteiger partial charge < -0.3 is 19.6 Å². The van der Waals surface area contributed by atoms with Crippen molar-refractivity contribution in [2.75, 3.05) is 19.8 Å². The molecule has 0 aromatic carbocycles. The molecule has 0 aliphatic carbocycles. The summed E-state index contributed by atoms with van der Waals surface area (Å²) in [6.07, 6.45) is 3.11. The van der Waals surface area contributed by atoms with E-state index in [1.54, 1.807) is 41.5 Å². The van der Waals surface area contributed by atoms with Gasteiger partial charge in [-0.15, -0.1) is 18.3 Å². The Bertz CT molecular complexity index is 780. The largest absolute Gasteiger partial charge is 0.466 e. The molecule has 31 heavy (non-hydrogen) atoms. The van der Waals surface area contributed by atoms with Gasteiger partial charge in [0.05, 0.1) is 35.8 Å². The Balaban J connectivity index is 2.14. The molecular weight excluding hydrogens is 416 g/mol. The fraction of sp³-hybridized carbons (Fsp3) is 0.783. The van der Waals surface area contributed by atoms with Crippen molar-refractivity contribution in [1.82, 2.24) is 9.80 Å². The quantitative estimate of drug-likeness (QED) is 0.471. The lowest BCUT2D eigenvalue weighted by molar-refractivity contribution is -0.155. The number of ether oxygens (including phenoxy) is 1. The van der Waals surface area contributed by atoms with Gasteiger partial charge in [0.2, 0.25) is 11.8 Å². The maximum absolute atomic E-state index is 14.1. The standard InChI is InChI=1S/C23H36N2O5S/c1-8-12-24(21(4,5)6)19(28)17-23-11-10-22(7,31-23)16(20(29)30-9-2)15(23)18(27)25(17)14(3)13-26/h8,14-17,26H,1,9-13H2,2-7H3/t14-,15+,16-,17?,22+,23?/m1/s1. The number of aliphatic hydroxyl groups excluding tert-OH is 1. The first kappa shape index (κ1) is 24.1. The number of carbonyl (C=O) groups is 3. The van der Waals surface area contributed by atoms with E-state index >= 15 is 0 Å². The van der Waals surface area contributed by atoms with Gasteiger partial charge in [0.25, 0.3) is 0 Å². The number of carbonyl (C=O) groups excluding carboxylic acids is 3. The van der Waals surface area contributed by atoms with Crippen molar-refractivity contribution in [2.45, 2.75) is 81.5 Å². The van der Waals surface area contributed by atoms with Crippen molar-refractivity contribution in [2.24, 2.45) is 11.8 Å². The van der Waals surface area contributed by atoms with Gasteiger partial charge in [0.15, 0.2) is 0 Å². The van der Waals surface area contributed by atoms with Crippen LogP contribution < -0.4 is 0 Å². The van der Waals surface area contributed by atoms with Crippen LogP contribution in [0.5, 0.6) is 0 Å². The summed E-state index contributed by atoms with van der Waals surface area (Å²) < 4.78 is 4.23. The van der Waals surface area contributed by atoms with E-state index < -0.39 is 39.0 Å². The minimum atomic E-state index is -0.738. The molecule has 6 atom stereocenters. The molecule has 1 spiro atoms. The number of hydrogen-bond acceptors (Lipinski definition) is 6. The van der Waals surface area contributed by atoms with Crippen LogP contribution in [0.2, 0.25) is 0 Å². The topological polar surface area (TPSA) is 87.2 Å². The molecule has 3 aliphatic rings. The van der Waals surface area contributed by atoms with Crippen molar-refractivity contribution in [3.8, 4) is 0 Å². The summed E-state index contributed by atoms with van der Waals surface area (Å²) in [5, 5.41) is 9.92. The zero-order valence-corrected chi connectivity index (χ0v) is 20.3. The highest BCUT2D eigenvalue weighted by Crippen LogP contribution is 2.71. The molecule has 0 saturated carbocycles. The molecule has 174 valence electrons. The van der Waals surface area contributed by atoms with Gasteiger partial charge in [-0.05, 0) is 54.4 Å². The van der Waals surface area contributed by atoms with E-state index in [1.165, 1.54) is 0 Å². The first-order chi connectivity index (χ1) is 14.4. The molecule has 3 rings (SSSR count). The van der Waals surface area contributed by atoms with E-state index in [1.807, 2.05) is 27.7 Å². The van der Waals surface area contributed by atoms with Crippen LogP contribution in [-0.2, 0) is 19.1 Å². The SMILES string of the molecule is C=CCN(C(=O)C1N([C@H](C)CO)C(=O)[C@@H]2[C@H](C(=O)OCC)[C@]3(C)CCC12S3)C(C)(C)C. The summed E-state index contributed by atoms with van der Waals surface area (Å²) in [5.74, 6) is -1.94. The van der Waals surface area contributed by atoms with Crippen molar-refractivity contribution in [3.05, 3.63) is 12.7 Å². The van der Waals surface area contributed by atoms with Crippen LogP contribution in [0.15, 0.2) is 12.7 Å². The number of nitrogens with zero attached hydrogens (tertiary/aromatic N) is 2. The number of aliphatic hydroxyl groups is 1. The van der Waals surface area contributed by atoms with Crippen LogP contribution in [-0.4, -0.2) is 79.6 Å². The van der Waals surface area contributed by atoms with Gasteiger partial charge in [-0.1, -0.05) is 6.08 Å². The first-order valence-electron chi connectivity index (χ1n) is 11.1. The molecule has 1 N–H and O–H groups in total. The highest BCUT2D eigenvalue weighted by molar-refractivity contribution is 8.02. The van der Waals surface area contributed by atoms with Crippen molar-refractivity contribution >= 4 is 29.5 Å². The molecule has 0 aromatic rings.